The molecule has 24 heavy (non-hydrogen) atoms. The molecule has 0 aliphatic heterocycles. The Hall–Kier alpha value is -2.67. The van der Waals surface area contributed by atoms with E-state index in [1.54, 1.807) is 12.4 Å². The number of thioether (sulfide) groups is 1. The fourth-order valence-corrected chi connectivity index (χ4v) is 2.84. The van der Waals surface area contributed by atoms with Crippen molar-refractivity contribution in [2.45, 2.75) is 24.3 Å². The first-order valence-electron chi connectivity index (χ1n) is 7.49. The Labute approximate surface area is 144 Å². The molecule has 0 aliphatic carbocycles. The Morgan fingerprint density at radius 1 is 1.25 bits per heavy atom. The average Bonchev–Trinajstić information content (AvgIpc) is 3.04. The summed E-state index contributed by atoms with van der Waals surface area (Å²) in [6.07, 6.45) is 3.39. The van der Waals surface area contributed by atoms with Gasteiger partial charge in [-0.05, 0) is 43.7 Å². The Balaban J connectivity index is 1.63. The van der Waals surface area contributed by atoms with Crippen molar-refractivity contribution in [3.8, 4) is 11.4 Å². The highest BCUT2D eigenvalue weighted by Crippen LogP contribution is 2.23. The molecule has 7 heteroatoms. The molecular formula is C17H17N5OS. The van der Waals surface area contributed by atoms with Gasteiger partial charge in [0.15, 0.2) is 5.82 Å². The topological polar surface area (TPSA) is 83.6 Å². The number of amides is 1. The van der Waals surface area contributed by atoms with Crippen molar-refractivity contribution in [2.24, 2.45) is 0 Å². The number of carbonyl (C=O) groups excluding carboxylic acids is 1. The molecule has 1 atom stereocenters. The Bertz CT molecular complexity index is 834. The van der Waals surface area contributed by atoms with E-state index in [1.807, 2.05) is 50.2 Å². The van der Waals surface area contributed by atoms with Crippen molar-refractivity contribution >= 4 is 23.4 Å². The molecular weight excluding hydrogens is 322 g/mol. The maximum atomic E-state index is 12.3. The summed E-state index contributed by atoms with van der Waals surface area (Å²) < 4.78 is 0. The molecule has 0 radical (unpaired) electrons. The fraction of sp³-hybridized carbons (Fsp3) is 0.176. The van der Waals surface area contributed by atoms with Gasteiger partial charge < -0.3 is 5.32 Å². The first kappa shape index (κ1) is 16.2. The molecule has 0 saturated heterocycles. The lowest BCUT2D eigenvalue weighted by Gasteiger charge is -2.10. The summed E-state index contributed by atoms with van der Waals surface area (Å²) in [5.41, 5.74) is 2.80. The number of nitrogens with one attached hydrogen (secondary N) is 2. The predicted molar refractivity (Wildman–Crippen MR) is 94.7 cm³/mol. The van der Waals surface area contributed by atoms with E-state index in [1.165, 1.54) is 11.8 Å². The van der Waals surface area contributed by atoms with Gasteiger partial charge in [0.1, 0.15) is 0 Å². The second kappa shape index (κ2) is 7.27. The van der Waals surface area contributed by atoms with Gasteiger partial charge in [-0.1, -0.05) is 23.9 Å². The summed E-state index contributed by atoms with van der Waals surface area (Å²) in [6, 6.07) is 11.4. The molecule has 0 bridgehead atoms. The van der Waals surface area contributed by atoms with E-state index in [0.717, 1.165) is 16.8 Å². The van der Waals surface area contributed by atoms with E-state index < -0.39 is 0 Å². The van der Waals surface area contributed by atoms with Crippen LogP contribution in [0.15, 0.2) is 53.9 Å². The van der Waals surface area contributed by atoms with Crippen molar-refractivity contribution in [2.75, 3.05) is 5.32 Å². The number of pyridine rings is 1. The van der Waals surface area contributed by atoms with Crippen molar-refractivity contribution in [1.29, 1.82) is 0 Å². The zero-order valence-corrected chi connectivity index (χ0v) is 14.2. The van der Waals surface area contributed by atoms with E-state index >= 15 is 0 Å². The van der Waals surface area contributed by atoms with Crippen LogP contribution >= 0.6 is 11.8 Å². The lowest BCUT2D eigenvalue weighted by molar-refractivity contribution is -0.115. The number of benzene rings is 1. The summed E-state index contributed by atoms with van der Waals surface area (Å²) >= 11 is 1.31. The molecule has 2 aromatic heterocycles. The largest absolute Gasteiger partial charge is 0.325 e. The van der Waals surface area contributed by atoms with Crippen LogP contribution in [0.4, 0.5) is 5.69 Å². The highest BCUT2D eigenvalue weighted by Gasteiger charge is 2.17. The van der Waals surface area contributed by atoms with Crippen LogP contribution in [0.2, 0.25) is 0 Å². The molecule has 0 saturated carbocycles. The average molecular weight is 339 g/mol. The third-order valence-corrected chi connectivity index (χ3v) is 4.32. The highest BCUT2D eigenvalue weighted by molar-refractivity contribution is 8.00. The van der Waals surface area contributed by atoms with Crippen LogP contribution in [-0.2, 0) is 4.79 Å². The zero-order chi connectivity index (χ0) is 16.9. The summed E-state index contributed by atoms with van der Waals surface area (Å²) in [7, 11) is 0. The first-order chi connectivity index (χ1) is 11.6. The van der Waals surface area contributed by atoms with Crippen LogP contribution in [0, 0.1) is 6.92 Å². The Morgan fingerprint density at radius 2 is 2.04 bits per heavy atom. The number of anilines is 1. The van der Waals surface area contributed by atoms with E-state index in [2.05, 4.69) is 25.5 Å². The SMILES string of the molecule is Cc1cccc(NC(=O)[C@H](C)Sc2n[nH]c(-c3ccncc3)n2)c1. The first-order valence-corrected chi connectivity index (χ1v) is 8.37. The molecule has 1 aromatic carbocycles. The minimum atomic E-state index is -0.313. The lowest BCUT2D eigenvalue weighted by Crippen LogP contribution is -2.22. The maximum absolute atomic E-state index is 12.3. The summed E-state index contributed by atoms with van der Waals surface area (Å²) in [5.74, 6) is 0.576. The molecule has 122 valence electrons. The van der Waals surface area contributed by atoms with E-state index in [-0.39, 0.29) is 11.2 Å². The van der Waals surface area contributed by atoms with Crippen molar-refractivity contribution in [1.82, 2.24) is 20.2 Å². The zero-order valence-electron chi connectivity index (χ0n) is 13.4. The quantitative estimate of drug-likeness (QED) is 0.697. The van der Waals surface area contributed by atoms with Gasteiger partial charge in [-0.15, -0.1) is 5.10 Å². The number of rotatable bonds is 5. The highest BCUT2D eigenvalue weighted by atomic mass is 32.2. The number of H-pyrrole nitrogens is 1. The molecule has 0 aliphatic rings. The monoisotopic (exact) mass is 339 g/mol. The van der Waals surface area contributed by atoms with Crippen LogP contribution in [-0.4, -0.2) is 31.3 Å². The van der Waals surface area contributed by atoms with Gasteiger partial charge in [-0.2, -0.15) is 0 Å². The predicted octanol–water partition coefficient (Wildman–Crippen LogP) is 3.29. The number of carbonyl (C=O) groups is 1. The summed E-state index contributed by atoms with van der Waals surface area (Å²) in [5, 5.41) is 10.2. The van der Waals surface area contributed by atoms with Gasteiger partial charge in [-0.25, -0.2) is 4.98 Å². The Kier molecular flexibility index (Phi) is 4.90. The molecule has 2 N–H and O–H groups in total. The maximum Gasteiger partial charge on any atom is 0.237 e. The molecule has 3 aromatic rings. The number of hydrogen-bond acceptors (Lipinski definition) is 5. The lowest BCUT2D eigenvalue weighted by atomic mass is 10.2. The van der Waals surface area contributed by atoms with Crippen LogP contribution in [0.25, 0.3) is 11.4 Å². The molecule has 3 rings (SSSR count). The number of nitrogens with zero attached hydrogens (tertiary/aromatic N) is 3. The molecule has 0 fully saturated rings. The smallest absolute Gasteiger partial charge is 0.237 e. The van der Waals surface area contributed by atoms with Crippen LogP contribution in [0.1, 0.15) is 12.5 Å². The standard InChI is InChI=1S/C17H17N5OS/c1-11-4-3-5-14(10-11)19-16(23)12(2)24-17-20-15(21-22-17)13-6-8-18-9-7-13/h3-10,12H,1-2H3,(H,19,23)(H,20,21,22)/t12-/m0/s1. The van der Waals surface area contributed by atoms with E-state index in [0.29, 0.717) is 11.0 Å². The second-order valence-corrected chi connectivity index (χ2v) is 6.63. The van der Waals surface area contributed by atoms with Crippen LogP contribution in [0.3, 0.4) is 0 Å². The second-order valence-electron chi connectivity index (χ2n) is 5.32. The molecule has 0 unspecified atom stereocenters. The van der Waals surface area contributed by atoms with Crippen molar-refractivity contribution in [3.63, 3.8) is 0 Å². The van der Waals surface area contributed by atoms with Crippen molar-refractivity contribution in [3.05, 3.63) is 54.4 Å². The summed E-state index contributed by atoms with van der Waals surface area (Å²) in [6.45, 7) is 3.82. The van der Waals surface area contributed by atoms with Crippen LogP contribution < -0.4 is 5.32 Å². The number of hydrogen-bond donors (Lipinski definition) is 2. The molecule has 2 heterocycles. The normalized spacial score (nSPS) is 11.9. The van der Waals surface area contributed by atoms with Gasteiger partial charge in [-0.3, -0.25) is 14.9 Å². The molecule has 1 amide bonds. The third-order valence-electron chi connectivity index (χ3n) is 3.36. The molecule has 6 nitrogen and oxygen atoms in total. The van der Waals surface area contributed by atoms with Crippen molar-refractivity contribution < 1.29 is 4.79 Å². The minimum Gasteiger partial charge on any atom is -0.325 e. The van der Waals surface area contributed by atoms with Crippen LogP contribution in [0.5, 0.6) is 0 Å². The third kappa shape index (κ3) is 3.99. The number of aryl methyl sites for hydroxylation is 1. The van der Waals surface area contributed by atoms with E-state index in [9.17, 15) is 4.79 Å². The minimum absolute atomic E-state index is 0.0825. The van der Waals surface area contributed by atoms with Gasteiger partial charge >= 0.3 is 0 Å². The van der Waals surface area contributed by atoms with Gasteiger partial charge in [0.05, 0.1) is 5.25 Å². The van der Waals surface area contributed by atoms with Gasteiger partial charge in [0, 0.05) is 23.6 Å². The summed E-state index contributed by atoms with van der Waals surface area (Å²) in [4.78, 5) is 20.7. The fourth-order valence-electron chi connectivity index (χ4n) is 2.12. The Morgan fingerprint density at radius 3 is 2.79 bits per heavy atom. The number of aromatic amines is 1. The van der Waals surface area contributed by atoms with Gasteiger partial charge in [0.25, 0.3) is 0 Å². The van der Waals surface area contributed by atoms with E-state index in [4.69, 9.17) is 0 Å². The molecule has 0 spiro atoms. The number of aromatic nitrogens is 4. The van der Waals surface area contributed by atoms with Gasteiger partial charge in [0.2, 0.25) is 11.1 Å².